The zero-order chi connectivity index (χ0) is 40.5. The van der Waals surface area contributed by atoms with Gasteiger partial charge in [0.25, 0.3) is 0 Å². The monoisotopic (exact) mass is 779 g/mol. The molecule has 0 fully saturated rings. The fourth-order valence-electron chi connectivity index (χ4n) is 7.28. The summed E-state index contributed by atoms with van der Waals surface area (Å²) in [5, 5.41) is 0. The molecule has 6 nitrogen and oxygen atoms in total. The first-order valence-electron chi connectivity index (χ1n) is 24.2. The first-order chi connectivity index (χ1) is 26.7. The standard InChI is InChI=1S/C49H94O6/c1-6-7-8-9-10-11-12-13-14-17-20-23-29-34-39-47(50)53-42-46(43-54-48(51)40-35-30-26-25-28-33-38-45(4)5)55-49(52)41-36-31-24-21-18-15-16-19-22-27-32-37-44(2)3/h44-46H,6-43H2,1-5H3/t46-/m1/s1. The van der Waals surface area contributed by atoms with E-state index in [1.54, 1.807) is 0 Å². The Morgan fingerprint density at radius 2 is 0.600 bits per heavy atom. The lowest BCUT2D eigenvalue weighted by atomic mass is 10.0. The second-order valence-electron chi connectivity index (χ2n) is 17.7. The van der Waals surface area contributed by atoms with Gasteiger partial charge in [0.15, 0.2) is 6.10 Å². The number of esters is 3. The SMILES string of the molecule is CCCCCCCCCCCCCCCCC(=O)OC[C@H](COC(=O)CCCCCCCCC(C)C)OC(=O)CCCCCCCCCCCCCC(C)C. The van der Waals surface area contributed by atoms with Gasteiger partial charge in [0.05, 0.1) is 0 Å². The summed E-state index contributed by atoms with van der Waals surface area (Å²) in [4.78, 5) is 37.8. The van der Waals surface area contributed by atoms with Crippen LogP contribution in [0.2, 0.25) is 0 Å². The molecule has 0 heterocycles. The predicted octanol–water partition coefficient (Wildman–Crippen LogP) is 15.4. The summed E-state index contributed by atoms with van der Waals surface area (Å²) in [7, 11) is 0. The first kappa shape index (κ1) is 53.4. The molecule has 0 amide bonds. The maximum absolute atomic E-state index is 12.7. The quantitative estimate of drug-likeness (QED) is 0.0348. The molecule has 0 spiro atoms. The normalized spacial score (nSPS) is 12.1. The molecule has 0 aliphatic carbocycles. The Kier molecular flexibility index (Phi) is 40.8. The highest BCUT2D eigenvalue weighted by Crippen LogP contribution is 2.17. The molecule has 0 saturated carbocycles. The summed E-state index contributed by atoms with van der Waals surface area (Å²) in [5.74, 6) is 0.731. The second kappa shape index (κ2) is 42.0. The Morgan fingerprint density at radius 3 is 0.891 bits per heavy atom. The average Bonchev–Trinajstić information content (AvgIpc) is 3.15. The highest BCUT2D eigenvalue weighted by atomic mass is 16.6. The number of carbonyl (C=O) groups excluding carboxylic acids is 3. The second-order valence-corrected chi connectivity index (χ2v) is 17.7. The Labute approximate surface area is 342 Å². The molecule has 0 rings (SSSR count). The van der Waals surface area contributed by atoms with E-state index in [4.69, 9.17) is 14.2 Å². The van der Waals surface area contributed by atoms with Crippen molar-refractivity contribution in [3.8, 4) is 0 Å². The average molecular weight is 779 g/mol. The van der Waals surface area contributed by atoms with Gasteiger partial charge in [-0.3, -0.25) is 14.4 Å². The Balaban J connectivity index is 4.30. The molecular formula is C49H94O6. The number of hydrogen-bond donors (Lipinski definition) is 0. The maximum atomic E-state index is 12.7. The minimum Gasteiger partial charge on any atom is -0.462 e. The van der Waals surface area contributed by atoms with Gasteiger partial charge < -0.3 is 14.2 Å². The lowest BCUT2D eigenvalue weighted by molar-refractivity contribution is -0.167. The van der Waals surface area contributed by atoms with Crippen LogP contribution in [0, 0.1) is 11.8 Å². The number of ether oxygens (including phenoxy) is 3. The van der Waals surface area contributed by atoms with Gasteiger partial charge in [0.1, 0.15) is 13.2 Å². The molecule has 6 heteroatoms. The van der Waals surface area contributed by atoms with E-state index in [1.807, 2.05) is 0 Å². The molecule has 0 aliphatic rings. The molecule has 0 saturated heterocycles. The molecule has 55 heavy (non-hydrogen) atoms. The van der Waals surface area contributed by atoms with Gasteiger partial charge in [0.2, 0.25) is 0 Å². The van der Waals surface area contributed by atoms with Gasteiger partial charge in [-0.1, -0.05) is 227 Å². The zero-order valence-electron chi connectivity index (χ0n) is 37.6. The van der Waals surface area contributed by atoms with Crippen molar-refractivity contribution < 1.29 is 28.6 Å². The van der Waals surface area contributed by atoms with Crippen LogP contribution in [0.4, 0.5) is 0 Å². The van der Waals surface area contributed by atoms with E-state index < -0.39 is 6.10 Å². The topological polar surface area (TPSA) is 78.9 Å². The van der Waals surface area contributed by atoms with Crippen LogP contribution >= 0.6 is 0 Å². The third kappa shape index (κ3) is 43.4. The van der Waals surface area contributed by atoms with Gasteiger partial charge in [-0.05, 0) is 31.1 Å². The smallest absolute Gasteiger partial charge is 0.306 e. The molecule has 0 N–H and O–H groups in total. The number of unbranched alkanes of at least 4 members (excludes halogenated alkanes) is 28. The summed E-state index contributed by atoms with van der Waals surface area (Å²) >= 11 is 0. The molecule has 0 bridgehead atoms. The molecule has 0 aromatic carbocycles. The highest BCUT2D eigenvalue weighted by molar-refractivity contribution is 5.71. The van der Waals surface area contributed by atoms with Crippen LogP contribution in [-0.2, 0) is 28.6 Å². The van der Waals surface area contributed by atoms with Crippen LogP contribution < -0.4 is 0 Å². The molecule has 326 valence electrons. The van der Waals surface area contributed by atoms with E-state index in [0.717, 1.165) is 69.6 Å². The summed E-state index contributed by atoms with van der Waals surface area (Å²) in [6, 6.07) is 0. The van der Waals surface area contributed by atoms with Crippen molar-refractivity contribution in [1.29, 1.82) is 0 Å². The minimum absolute atomic E-state index is 0.0649. The summed E-state index contributed by atoms with van der Waals surface area (Å²) in [6.07, 6.45) is 41.0. The van der Waals surface area contributed by atoms with Crippen molar-refractivity contribution in [2.24, 2.45) is 11.8 Å². The Morgan fingerprint density at radius 1 is 0.345 bits per heavy atom. The van der Waals surface area contributed by atoms with Crippen LogP contribution in [-0.4, -0.2) is 37.2 Å². The highest BCUT2D eigenvalue weighted by Gasteiger charge is 2.19. The number of hydrogen-bond acceptors (Lipinski definition) is 6. The third-order valence-corrected chi connectivity index (χ3v) is 11.0. The lowest BCUT2D eigenvalue weighted by Gasteiger charge is -2.18. The Hall–Kier alpha value is -1.59. The van der Waals surface area contributed by atoms with Crippen LogP contribution in [0.3, 0.4) is 0 Å². The van der Waals surface area contributed by atoms with Crippen LogP contribution in [0.15, 0.2) is 0 Å². The van der Waals surface area contributed by atoms with E-state index >= 15 is 0 Å². The van der Waals surface area contributed by atoms with E-state index in [-0.39, 0.29) is 31.1 Å². The molecule has 0 radical (unpaired) electrons. The lowest BCUT2D eigenvalue weighted by Crippen LogP contribution is -2.30. The Bertz CT molecular complexity index is 839. The molecular weight excluding hydrogens is 685 g/mol. The van der Waals surface area contributed by atoms with Crippen LogP contribution in [0.5, 0.6) is 0 Å². The number of rotatable bonds is 43. The summed E-state index contributed by atoms with van der Waals surface area (Å²) in [5.41, 5.74) is 0. The summed E-state index contributed by atoms with van der Waals surface area (Å²) in [6.45, 7) is 11.3. The van der Waals surface area contributed by atoms with Gasteiger partial charge >= 0.3 is 17.9 Å². The zero-order valence-corrected chi connectivity index (χ0v) is 37.6. The van der Waals surface area contributed by atoms with Gasteiger partial charge in [-0.25, -0.2) is 0 Å². The molecule has 0 unspecified atom stereocenters. The largest absolute Gasteiger partial charge is 0.462 e. The third-order valence-electron chi connectivity index (χ3n) is 11.0. The molecule has 1 atom stereocenters. The van der Waals surface area contributed by atoms with Crippen molar-refractivity contribution in [2.75, 3.05) is 13.2 Å². The van der Waals surface area contributed by atoms with Crippen molar-refractivity contribution in [3.05, 3.63) is 0 Å². The van der Waals surface area contributed by atoms with Gasteiger partial charge in [-0.15, -0.1) is 0 Å². The van der Waals surface area contributed by atoms with E-state index in [1.165, 1.54) is 154 Å². The van der Waals surface area contributed by atoms with E-state index in [2.05, 4.69) is 34.6 Å². The van der Waals surface area contributed by atoms with Crippen molar-refractivity contribution in [1.82, 2.24) is 0 Å². The molecule has 0 aliphatic heterocycles. The minimum atomic E-state index is -0.761. The number of carbonyl (C=O) groups is 3. The van der Waals surface area contributed by atoms with E-state index in [0.29, 0.717) is 19.3 Å². The maximum Gasteiger partial charge on any atom is 0.306 e. The van der Waals surface area contributed by atoms with Crippen molar-refractivity contribution in [2.45, 2.75) is 272 Å². The first-order valence-corrected chi connectivity index (χ1v) is 24.2. The van der Waals surface area contributed by atoms with Gasteiger partial charge in [-0.2, -0.15) is 0 Å². The molecule has 0 aromatic rings. The van der Waals surface area contributed by atoms with Crippen molar-refractivity contribution in [3.63, 3.8) is 0 Å². The molecule has 0 aromatic heterocycles. The fourth-order valence-corrected chi connectivity index (χ4v) is 7.28. The van der Waals surface area contributed by atoms with E-state index in [9.17, 15) is 14.4 Å². The summed E-state index contributed by atoms with van der Waals surface area (Å²) < 4.78 is 16.7. The van der Waals surface area contributed by atoms with Crippen LogP contribution in [0.1, 0.15) is 266 Å². The predicted molar refractivity (Wildman–Crippen MR) is 233 cm³/mol. The van der Waals surface area contributed by atoms with Crippen molar-refractivity contribution >= 4 is 17.9 Å². The van der Waals surface area contributed by atoms with Gasteiger partial charge in [0, 0.05) is 19.3 Å². The van der Waals surface area contributed by atoms with Crippen LogP contribution in [0.25, 0.3) is 0 Å². The fraction of sp³-hybridized carbons (Fsp3) is 0.939.